The van der Waals surface area contributed by atoms with E-state index in [2.05, 4.69) is 14.9 Å². The zero-order chi connectivity index (χ0) is 18.8. The lowest BCUT2D eigenvalue weighted by molar-refractivity contribution is 0.0900. The number of ether oxygens (including phenoxy) is 1. The van der Waals surface area contributed by atoms with E-state index in [9.17, 15) is 4.79 Å². The molecule has 5 nitrogen and oxygen atoms in total. The van der Waals surface area contributed by atoms with Gasteiger partial charge in [0.05, 0.1) is 12.6 Å². The Balaban J connectivity index is 1.48. The van der Waals surface area contributed by atoms with Crippen LogP contribution in [0, 0.1) is 5.92 Å². The predicted molar refractivity (Wildman–Crippen MR) is 107 cm³/mol. The van der Waals surface area contributed by atoms with Crippen LogP contribution in [0.2, 0.25) is 5.02 Å². The Morgan fingerprint density at radius 3 is 2.56 bits per heavy atom. The van der Waals surface area contributed by atoms with Crippen molar-refractivity contribution in [2.24, 2.45) is 5.92 Å². The van der Waals surface area contributed by atoms with Gasteiger partial charge in [-0.25, -0.2) is 9.97 Å². The number of Topliss-reactive ketones (excluding diaryl/α,β-unsaturated/α-hetero) is 1. The second kappa shape index (κ2) is 7.53. The monoisotopic (exact) mass is 381 g/mol. The van der Waals surface area contributed by atoms with Gasteiger partial charge in [-0.05, 0) is 55.3 Å². The number of halogens is 1. The van der Waals surface area contributed by atoms with Gasteiger partial charge in [0, 0.05) is 35.0 Å². The van der Waals surface area contributed by atoms with Gasteiger partial charge in [0.1, 0.15) is 17.9 Å². The fraction of sp³-hybridized carbons (Fsp3) is 0.286. The summed E-state index contributed by atoms with van der Waals surface area (Å²) in [5, 5.41) is 1.65. The van der Waals surface area contributed by atoms with Crippen LogP contribution in [0.4, 0.5) is 5.82 Å². The van der Waals surface area contributed by atoms with E-state index < -0.39 is 0 Å². The molecule has 2 heterocycles. The number of methoxy groups -OCH3 is 1. The van der Waals surface area contributed by atoms with E-state index in [1.807, 2.05) is 42.5 Å². The molecule has 0 saturated carbocycles. The molecule has 0 bridgehead atoms. The summed E-state index contributed by atoms with van der Waals surface area (Å²) in [7, 11) is 1.62. The number of fused-ring (bicyclic) bond motifs is 1. The molecule has 0 amide bonds. The third-order valence-corrected chi connectivity index (χ3v) is 5.35. The average molecular weight is 382 g/mol. The largest absolute Gasteiger partial charge is 0.497 e. The molecule has 1 saturated heterocycles. The minimum Gasteiger partial charge on any atom is -0.497 e. The summed E-state index contributed by atoms with van der Waals surface area (Å²) < 4.78 is 5.16. The molecule has 6 heteroatoms. The lowest BCUT2D eigenvalue weighted by atomic mass is 9.89. The molecular weight excluding hydrogens is 362 g/mol. The average Bonchev–Trinajstić information content (AvgIpc) is 2.73. The number of benzene rings is 2. The third kappa shape index (κ3) is 3.60. The van der Waals surface area contributed by atoms with Crippen molar-refractivity contribution >= 4 is 34.1 Å². The van der Waals surface area contributed by atoms with Gasteiger partial charge in [0.2, 0.25) is 0 Å². The number of anilines is 1. The van der Waals surface area contributed by atoms with Crippen molar-refractivity contribution in [2.75, 3.05) is 25.1 Å². The third-order valence-electron chi connectivity index (χ3n) is 5.12. The highest BCUT2D eigenvalue weighted by molar-refractivity contribution is 6.31. The zero-order valence-electron chi connectivity index (χ0n) is 15.1. The van der Waals surface area contributed by atoms with Crippen molar-refractivity contribution < 1.29 is 9.53 Å². The van der Waals surface area contributed by atoms with Gasteiger partial charge in [-0.2, -0.15) is 0 Å². The second-order valence-corrected chi connectivity index (χ2v) is 7.15. The smallest absolute Gasteiger partial charge is 0.166 e. The Morgan fingerprint density at radius 2 is 1.85 bits per heavy atom. The summed E-state index contributed by atoms with van der Waals surface area (Å²) in [4.78, 5) is 23.8. The molecule has 2 aromatic carbocycles. The van der Waals surface area contributed by atoms with Gasteiger partial charge in [-0.3, -0.25) is 4.79 Å². The molecule has 0 unspecified atom stereocenters. The van der Waals surface area contributed by atoms with E-state index in [0.717, 1.165) is 54.0 Å². The standard InChI is InChI=1S/C21H20ClN3O2/c1-27-17-5-2-14(3-6-17)20(26)15-8-10-25(11-9-15)21-18-7-4-16(22)12-19(18)23-13-24-21/h2-7,12-13,15H,8-11H2,1H3. The van der Waals surface area contributed by atoms with E-state index in [4.69, 9.17) is 16.3 Å². The van der Waals surface area contributed by atoms with Crippen molar-refractivity contribution in [2.45, 2.75) is 12.8 Å². The van der Waals surface area contributed by atoms with Crippen LogP contribution in [-0.2, 0) is 0 Å². The highest BCUT2D eigenvalue weighted by Crippen LogP contribution is 2.30. The molecule has 138 valence electrons. The van der Waals surface area contributed by atoms with Crippen LogP contribution in [0.1, 0.15) is 23.2 Å². The van der Waals surface area contributed by atoms with Crippen molar-refractivity contribution in [1.82, 2.24) is 9.97 Å². The number of hydrogen-bond acceptors (Lipinski definition) is 5. The molecule has 0 radical (unpaired) electrons. The van der Waals surface area contributed by atoms with Crippen molar-refractivity contribution in [3.63, 3.8) is 0 Å². The fourth-order valence-corrected chi connectivity index (χ4v) is 3.78. The minimum absolute atomic E-state index is 0.0391. The number of piperidine rings is 1. The lowest BCUT2D eigenvalue weighted by Gasteiger charge is -2.32. The Kier molecular flexibility index (Phi) is 4.94. The Morgan fingerprint density at radius 1 is 1.11 bits per heavy atom. The molecule has 0 atom stereocenters. The number of aromatic nitrogens is 2. The fourth-order valence-electron chi connectivity index (χ4n) is 3.61. The molecule has 1 aliphatic heterocycles. The van der Waals surface area contributed by atoms with Gasteiger partial charge in [-0.15, -0.1) is 0 Å². The molecule has 1 aromatic heterocycles. The molecule has 1 aliphatic rings. The van der Waals surface area contributed by atoms with Gasteiger partial charge < -0.3 is 9.64 Å². The normalized spacial score (nSPS) is 15.1. The molecule has 4 rings (SSSR count). The Hall–Kier alpha value is -2.66. The summed E-state index contributed by atoms with van der Waals surface area (Å²) in [6.45, 7) is 1.59. The van der Waals surface area contributed by atoms with E-state index >= 15 is 0 Å². The number of carbonyl (C=O) groups is 1. The van der Waals surface area contributed by atoms with E-state index in [0.29, 0.717) is 5.02 Å². The molecule has 1 fully saturated rings. The summed E-state index contributed by atoms with van der Waals surface area (Å²) in [6.07, 6.45) is 3.19. The first-order chi connectivity index (χ1) is 13.2. The van der Waals surface area contributed by atoms with E-state index in [-0.39, 0.29) is 11.7 Å². The van der Waals surface area contributed by atoms with Gasteiger partial charge in [0.15, 0.2) is 5.78 Å². The number of ketones is 1. The second-order valence-electron chi connectivity index (χ2n) is 6.71. The van der Waals surface area contributed by atoms with Crippen LogP contribution in [-0.4, -0.2) is 36.0 Å². The van der Waals surface area contributed by atoms with Crippen LogP contribution < -0.4 is 9.64 Å². The Labute approximate surface area is 162 Å². The first-order valence-corrected chi connectivity index (χ1v) is 9.37. The van der Waals surface area contributed by atoms with Crippen LogP contribution in [0.25, 0.3) is 10.9 Å². The molecule has 0 aliphatic carbocycles. The van der Waals surface area contributed by atoms with Crippen LogP contribution >= 0.6 is 11.6 Å². The van der Waals surface area contributed by atoms with Crippen LogP contribution in [0.3, 0.4) is 0 Å². The quantitative estimate of drug-likeness (QED) is 0.627. The number of rotatable bonds is 4. The molecule has 0 spiro atoms. The Bertz CT molecular complexity index is 967. The maximum Gasteiger partial charge on any atom is 0.166 e. The molecule has 27 heavy (non-hydrogen) atoms. The summed E-state index contributed by atoms with van der Waals surface area (Å²) >= 11 is 6.07. The van der Waals surface area contributed by atoms with Gasteiger partial charge >= 0.3 is 0 Å². The maximum absolute atomic E-state index is 12.8. The maximum atomic E-state index is 12.8. The van der Waals surface area contributed by atoms with Crippen molar-refractivity contribution in [3.8, 4) is 5.75 Å². The summed E-state index contributed by atoms with van der Waals surface area (Å²) in [5.41, 5.74) is 1.58. The molecule has 3 aromatic rings. The number of nitrogens with zero attached hydrogens (tertiary/aromatic N) is 3. The number of carbonyl (C=O) groups excluding carboxylic acids is 1. The van der Waals surface area contributed by atoms with Gasteiger partial charge in [0.25, 0.3) is 0 Å². The highest BCUT2D eigenvalue weighted by Gasteiger charge is 2.27. The van der Waals surface area contributed by atoms with Crippen LogP contribution in [0.15, 0.2) is 48.8 Å². The number of hydrogen-bond donors (Lipinski definition) is 0. The topological polar surface area (TPSA) is 55.3 Å². The van der Waals surface area contributed by atoms with E-state index in [1.54, 1.807) is 13.4 Å². The first kappa shape index (κ1) is 17.7. The highest BCUT2D eigenvalue weighted by atomic mass is 35.5. The first-order valence-electron chi connectivity index (χ1n) is 8.99. The van der Waals surface area contributed by atoms with Crippen LogP contribution in [0.5, 0.6) is 5.75 Å². The minimum atomic E-state index is 0.0391. The zero-order valence-corrected chi connectivity index (χ0v) is 15.8. The predicted octanol–water partition coefficient (Wildman–Crippen LogP) is 4.39. The SMILES string of the molecule is COc1ccc(C(=O)C2CCN(c3ncnc4cc(Cl)ccc34)CC2)cc1. The molecule has 0 N–H and O–H groups in total. The van der Waals surface area contributed by atoms with E-state index in [1.165, 1.54) is 0 Å². The lowest BCUT2D eigenvalue weighted by Crippen LogP contribution is -2.37. The van der Waals surface area contributed by atoms with Gasteiger partial charge in [-0.1, -0.05) is 11.6 Å². The molecular formula is C21H20ClN3O2. The summed E-state index contributed by atoms with van der Waals surface area (Å²) in [5.74, 6) is 1.91. The van der Waals surface area contributed by atoms with Crippen molar-refractivity contribution in [3.05, 3.63) is 59.4 Å². The van der Waals surface area contributed by atoms with Crippen molar-refractivity contribution in [1.29, 1.82) is 0 Å². The summed E-state index contributed by atoms with van der Waals surface area (Å²) in [6, 6.07) is 13.0.